The quantitative estimate of drug-likeness (QED) is 0.709. The Morgan fingerprint density at radius 2 is 2.04 bits per heavy atom. The molecule has 0 saturated carbocycles. The van der Waals surface area contributed by atoms with Crippen LogP contribution < -0.4 is 5.32 Å². The normalized spacial score (nSPS) is 16.9. The third kappa shape index (κ3) is 4.07. The molecule has 1 aromatic carbocycles. The van der Waals surface area contributed by atoms with Gasteiger partial charge >= 0.3 is 0 Å². The Morgan fingerprint density at radius 1 is 1.29 bits per heavy atom. The van der Waals surface area contributed by atoms with Crippen molar-refractivity contribution in [1.29, 1.82) is 0 Å². The molecule has 0 radical (unpaired) electrons. The predicted octanol–water partition coefficient (Wildman–Crippen LogP) is 3.76. The molecular formula is C22H25FN4O. The van der Waals surface area contributed by atoms with Crippen LogP contribution >= 0.6 is 0 Å². The highest BCUT2D eigenvalue weighted by Gasteiger charge is 2.24. The molecular weight excluding hydrogens is 355 g/mol. The van der Waals surface area contributed by atoms with E-state index in [0.29, 0.717) is 12.5 Å². The second kappa shape index (κ2) is 8.10. The lowest BCUT2D eigenvalue weighted by atomic mass is 9.89. The van der Waals surface area contributed by atoms with E-state index in [-0.39, 0.29) is 17.8 Å². The van der Waals surface area contributed by atoms with Crippen molar-refractivity contribution in [2.24, 2.45) is 0 Å². The number of rotatable bonds is 5. The predicted molar refractivity (Wildman–Crippen MR) is 107 cm³/mol. The van der Waals surface area contributed by atoms with Gasteiger partial charge in [-0.2, -0.15) is 0 Å². The van der Waals surface area contributed by atoms with E-state index in [9.17, 15) is 9.18 Å². The van der Waals surface area contributed by atoms with Crippen molar-refractivity contribution in [2.45, 2.75) is 31.7 Å². The smallest absolute Gasteiger partial charge is 0.234 e. The SMILES string of the molecule is CC(NC(=O)CN1CCC(c2c[nH]c3ncccc23)CC1)c1ccc(F)cc1. The summed E-state index contributed by atoms with van der Waals surface area (Å²) in [6, 6.07) is 10.2. The number of carbonyl (C=O) groups excluding carboxylic acids is 1. The number of hydrogen-bond donors (Lipinski definition) is 2. The first kappa shape index (κ1) is 18.6. The van der Waals surface area contributed by atoms with Crippen molar-refractivity contribution < 1.29 is 9.18 Å². The second-order valence-corrected chi connectivity index (χ2v) is 7.53. The second-order valence-electron chi connectivity index (χ2n) is 7.53. The number of H-pyrrole nitrogens is 1. The van der Waals surface area contributed by atoms with Crippen LogP contribution in [-0.4, -0.2) is 40.4 Å². The number of carbonyl (C=O) groups is 1. The van der Waals surface area contributed by atoms with Crippen LogP contribution in [0.5, 0.6) is 0 Å². The molecule has 4 rings (SSSR count). The average molecular weight is 380 g/mol. The Morgan fingerprint density at radius 3 is 2.79 bits per heavy atom. The van der Waals surface area contributed by atoms with Gasteiger partial charge in [-0.15, -0.1) is 0 Å². The van der Waals surface area contributed by atoms with Crippen LogP contribution in [0.4, 0.5) is 4.39 Å². The molecule has 1 saturated heterocycles. The Hall–Kier alpha value is -2.73. The molecule has 3 aromatic rings. The summed E-state index contributed by atoms with van der Waals surface area (Å²) in [5.41, 5.74) is 3.17. The van der Waals surface area contributed by atoms with E-state index in [1.807, 2.05) is 13.0 Å². The third-order valence-corrected chi connectivity index (χ3v) is 5.63. The number of likely N-dealkylation sites (tertiary alicyclic amines) is 1. The van der Waals surface area contributed by atoms with Crippen LogP contribution in [0.2, 0.25) is 0 Å². The van der Waals surface area contributed by atoms with E-state index in [2.05, 4.69) is 32.4 Å². The van der Waals surface area contributed by atoms with Crippen molar-refractivity contribution in [3.63, 3.8) is 0 Å². The van der Waals surface area contributed by atoms with Gasteiger partial charge in [-0.3, -0.25) is 9.69 Å². The fraction of sp³-hybridized carbons (Fsp3) is 0.364. The number of aromatic nitrogens is 2. The molecule has 2 N–H and O–H groups in total. The third-order valence-electron chi connectivity index (χ3n) is 5.63. The van der Waals surface area contributed by atoms with Gasteiger partial charge < -0.3 is 10.3 Å². The van der Waals surface area contributed by atoms with Crippen LogP contribution in [0.15, 0.2) is 48.8 Å². The largest absolute Gasteiger partial charge is 0.348 e. The molecule has 6 heteroatoms. The van der Waals surface area contributed by atoms with Crippen molar-refractivity contribution in [2.75, 3.05) is 19.6 Å². The molecule has 0 bridgehead atoms. The van der Waals surface area contributed by atoms with Gasteiger partial charge in [-0.05, 0) is 74.2 Å². The first-order valence-electron chi connectivity index (χ1n) is 9.79. The van der Waals surface area contributed by atoms with Crippen LogP contribution in [0.1, 0.15) is 42.9 Å². The Labute approximate surface area is 164 Å². The molecule has 1 fully saturated rings. The van der Waals surface area contributed by atoms with Gasteiger partial charge in [-0.1, -0.05) is 12.1 Å². The van der Waals surface area contributed by atoms with E-state index >= 15 is 0 Å². The van der Waals surface area contributed by atoms with Crippen LogP contribution in [-0.2, 0) is 4.79 Å². The highest BCUT2D eigenvalue weighted by molar-refractivity contribution is 5.80. The summed E-state index contributed by atoms with van der Waals surface area (Å²) in [6.45, 7) is 4.11. The number of pyridine rings is 1. The van der Waals surface area contributed by atoms with E-state index < -0.39 is 0 Å². The topological polar surface area (TPSA) is 61.0 Å². The zero-order valence-electron chi connectivity index (χ0n) is 16.0. The average Bonchev–Trinajstić information content (AvgIpc) is 3.13. The molecule has 1 aliphatic heterocycles. The Balaban J connectivity index is 1.29. The maximum Gasteiger partial charge on any atom is 0.234 e. The van der Waals surface area contributed by atoms with Gasteiger partial charge in [0.1, 0.15) is 11.5 Å². The van der Waals surface area contributed by atoms with E-state index in [4.69, 9.17) is 0 Å². The summed E-state index contributed by atoms with van der Waals surface area (Å²) >= 11 is 0. The van der Waals surface area contributed by atoms with Crippen molar-refractivity contribution in [3.05, 3.63) is 65.7 Å². The number of halogens is 1. The van der Waals surface area contributed by atoms with Crippen molar-refractivity contribution in [3.8, 4) is 0 Å². The number of piperidine rings is 1. The number of aromatic amines is 1. The molecule has 146 valence electrons. The highest BCUT2D eigenvalue weighted by atomic mass is 19.1. The molecule has 1 unspecified atom stereocenters. The Kier molecular flexibility index (Phi) is 5.39. The lowest BCUT2D eigenvalue weighted by Crippen LogP contribution is -2.41. The lowest BCUT2D eigenvalue weighted by molar-refractivity contribution is -0.123. The summed E-state index contributed by atoms with van der Waals surface area (Å²) in [6.07, 6.45) is 5.94. The summed E-state index contributed by atoms with van der Waals surface area (Å²) in [7, 11) is 0. The Bertz CT molecular complexity index is 945. The molecule has 1 amide bonds. The number of nitrogens with zero attached hydrogens (tertiary/aromatic N) is 2. The lowest BCUT2D eigenvalue weighted by Gasteiger charge is -2.31. The first-order valence-corrected chi connectivity index (χ1v) is 9.79. The standard InChI is InChI=1S/C22H25FN4O/c1-15(16-4-6-18(23)7-5-16)26-21(28)14-27-11-8-17(9-12-27)20-13-25-22-19(20)3-2-10-24-22/h2-7,10,13,15,17H,8-9,11-12,14H2,1H3,(H,24,25)(H,26,28). The van der Waals surface area contributed by atoms with Gasteiger partial charge in [-0.25, -0.2) is 9.37 Å². The highest BCUT2D eigenvalue weighted by Crippen LogP contribution is 2.32. The minimum Gasteiger partial charge on any atom is -0.348 e. The summed E-state index contributed by atoms with van der Waals surface area (Å²) < 4.78 is 13.0. The molecule has 0 aliphatic carbocycles. The van der Waals surface area contributed by atoms with E-state index in [1.54, 1.807) is 18.3 Å². The molecule has 1 atom stereocenters. The number of benzene rings is 1. The molecule has 3 heterocycles. The minimum atomic E-state index is -0.267. The fourth-order valence-corrected chi connectivity index (χ4v) is 4.04. The maximum atomic E-state index is 13.0. The van der Waals surface area contributed by atoms with Crippen LogP contribution in [0.3, 0.4) is 0 Å². The maximum absolute atomic E-state index is 13.0. The summed E-state index contributed by atoms with van der Waals surface area (Å²) in [4.78, 5) is 22.2. The van der Waals surface area contributed by atoms with Gasteiger partial charge in [0.2, 0.25) is 5.91 Å². The molecule has 28 heavy (non-hydrogen) atoms. The summed E-state index contributed by atoms with van der Waals surface area (Å²) in [5.74, 6) is 0.234. The zero-order valence-corrected chi connectivity index (χ0v) is 16.0. The van der Waals surface area contributed by atoms with Crippen LogP contribution in [0, 0.1) is 5.82 Å². The molecule has 5 nitrogen and oxygen atoms in total. The number of nitrogens with one attached hydrogen (secondary N) is 2. The number of fused-ring (bicyclic) bond motifs is 1. The molecule has 0 spiro atoms. The monoisotopic (exact) mass is 380 g/mol. The van der Waals surface area contributed by atoms with Crippen LogP contribution in [0.25, 0.3) is 11.0 Å². The first-order chi connectivity index (χ1) is 13.6. The van der Waals surface area contributed by atoms with Crippen molar-refractivity contribution >= 4 is 16.9 Å². The van der Waals surface area contributed by atoms with Gasteiger partial charge in [0.25, 0.3) is 0 Å². The van der Waals surface area contributed by atoms with Gasteiger partial charge in [0, 0.05) is 17.8 Å². The number of hydrogen-bond acceptors (Lipinski definition) is 3. The fourth-order valence-electron chi connectivity index (χ4n) is 4.04. The van der Waals surface area contributed by atoms with E-state index in [0.717, 1.165) is 37.1 Å². The van der Waals surface area contributed by atoms with E-state index in [1.165, 1.54) is 23.1 Å². The number of amides is 1. The zero-order chi connectivity index (χ0) is 19.5. The van der Waals surface area contributed by atoms with Gasteiger partial charge in [0.15, 0.2) is 0 Å². The minimum absolute atomic E-state index is 0.00608. The van der Waals surface area contributed by atoms with Crippen molar-refractivity contribution in [1.82, 2.24) is 20.2 Å². The molecule has 1 aliphatic rings. The molecule has 2 aromatic heterocycles. The van der Waals surface area contributed by atoms with Gasteiger partial charge in [0.05, 0.1) is 12.6 Å². The summed E-state index contributed by atoms with van der Waals surface area (Å²) in [5, 5.41) is 4.21.